The Morgan fingerprint density at radius 3 is 2.35 bits per heavy atom. The Hall–Kier alpha value is -3.93. The maximum atomic E-state index is 12.7. The Morgan fingerprint density at radius 2 is 1.70 bits per heavy atom. The van der Waals surface area contributed by atoms with Gasteiger partial charge in [0, 0.05) is 5.56 Å². The van der Waals surface area contributed by atoms with Crippen molar-refractivity contribution in [3.8, 4) is 11.5 Å². The lowest BCUT2D eigenvalue weighted by atomic mass is 10.0. The van der Waals surface area contributed by atoms with E-state index in [2.05, 4.69) is 38.4 Å². The number of nitrogens with zero attached hydrogens (tertiary/aromatic N) is 1. The highest BCUT2D eigenvalue weighted by molar-refractivity contribution is 14.1. The molecule has 3 aromatic rings. The molecule has 192 valence electrons. The molecule has 0 saturated carbocycles. The van der Waals surface area contributed by atoms with Gasteiger partial charge in [0.15, 0.2) is 18.1 Å². The first-order valence-corrected chi connectivity index (χ1v) is 12.6. The number of benzene rings is 3. The smallest absolute Gasteiger partial charge is 0.255 e. The fourth-order valence-corrected chi connectivity index (χ4v) is 4.17. The van der Waals surface area contributed by atoms with Crippen LogP contribution in [0.25, 0.3) is 0 Å². The summed E-state index contributed by atoms with van der Waals surface area (Å²) in [4.78, 5) is 36.5. The number of hydrogen-bond donors (Lipinski definition) is 3. The average molecular weight is 614 g/mol. The first-order valence-electron chi connectivity index (χ1n) is 11.5. The van der Waals surface area contributed by atoms with Crippen molar-refractivity contribution >= 4 is 46.5 Å². The number of hydrazone groups is 1. The lowest BCUT2D eigenvalue weighted by Crippen LogP contribution is -2.32. The molecule has 0 spiro atoms. The molecule has 9 nitrogen and oxygen atoms in total. The van der Waals surface area contributed by atoms with E-state index < -0.39 is 11.9 Å². The zero-order valence-electron chi connectivity index (χ0n) is 20.1. The van der Waals surface area contributed by atoms with Gasteiger partial charge < -0.3 is 20.5 Å². The van der Waals surface area contributed by atoms with Crippen LogP contribution in [0.15, 0.2) is 77.9 Å². The summed E-state index contributed by atoms with van der Waals surface area (Å²) in [5, 5.41) is 6.99. The molecule has 3 amide bonds. The number of primary amides is 1. The predicted molar refractivity (Wildman–Crippen MR) is 148 cm³/mol. The summed E-state index contributed by atoms with van der Waals surface area (Å²) in [7, 11) is 0. The van der Waals surface area contributed by atoms with Crippen LogP contribution in [0.5, 0.6) is 11.5 Å². The van der Waals surface area contributed by atoms with Crippen LogP contribution < -0.4 is 25.9 Å². The van der Waals surface area contributed by atoms with E-state index >= 15 is 0 Å². The number of nitrogens with one attached hydrogen (secondary N) is 2. The third-order valence-electron chi connectivity index (χ3n) is 5.03. The molecule has 0 unspecified atom stereocenters. The van der Waals surface area contributed by atoms with Crippen LogP contribution in [0, 0.1) is 3.57 Å². The highest BCUT2D eigenvalue weighted by atomic mass is 127. The van der Waals surface area contributed by atoms with E-state index in [0.29, 0.717) is 32.8 Å². The summed E-state index contributed by atoms with van der Waals surface area (Å²) in [5.74, 6) is -0.416. The van der Waals surface area contributed by atoms with Crippen LogP contribution in [-0.4, -0.2) is 37.1 Å². The number of nitrogens with two attached hydrogens (primary N) is 1. The van der Waals surface area contributed by atoms with E-state index in [1.54, 1.807) is 36.4 Å². The first-order chi connectivity index (χ1) is 17.9. The Labute approximate surface area is 228 Å². The number of hydrogen-bond acceptors (Lipinski definition) is 6. The minimum Gasteiger partial charge on any atom is -0.490 e. The van der Waals surface area contributed by atoms with Crippen molar-refractivity contribution in [3.63, 3.8) is 0 Å². The van der Waals surface area contributed by atoms with Crippen molar-refractivity contribution in [3.05, 3.63) is 93.1 Å². The van der Waals surface area contributed by atoms with Gasteiger partial charge in [-0.15, -0.1) is 0 Å². The Morgan fingerprint density at radius 1 is 1.03 bits per heavy atom. The summed E-state index contributed by atoms with van der Waals surface area (Å²) >= 11 is 2.06. The van der Waals surface area contributed by atoms with E-state index in [-0.39, 0.29) is 24.8 Å². The molecule has 0 fully saturated rings. The van der Waals surface area contributed by atoms with E-state index in [1.807, 2.05) is 43.3 Å². The maximum absolute atomic E-state index is 12.7. The molecule has 0 radical (unpaired) electrons. The minimum absolute atomic E-state index is 0.0123. The second-order valence-electron chi connectivity index (χ2n) is 7.82. The van der Waals surface area contributed by atoms with E-state index in [4.69, 9.17) is 15.2 Å². The Bertz CT molecular complexity index is 1250. The molecule has 1 atom stereocenters. The summed E-state index contributed by atoms with van der Waals surface area (Å²) in [6.45, 7) is 1.93. The van der Waals surface area contributed by atoms with Gasteiger partial charge in [-0.1, -0.05) is 48.5 Å². The SMILES string of the molecule is CCOc1cc(/C=N\NC(=O)C[C@@H](NC(=O)c2ccccc2)c2ccccc2)cc(I)c1OCC(N)=O. The van der Waals surface area contributed by atoms with Gasteiger partial charge in [0.05, 0.1) is 28.9 Å². The number of carbonyl (C=O) groups excluding carboxylic acids is 3. The standard InChI is InChI=1S/C27H27IN4O5/c1-2-36-23-14-18(13-21(28)26(23)37-17-24(29)33)16-30-32-25(34)15-22(19-9-5-3-6-10-19)31-27(35)20-11-7-4-8-12-20/h3-14,16,22H,2,15,17H2,1H3,(H2,29,33)(H,31,35)(H,32,34)/b30-16-/t22-/m1/s1. The molecule has 0 heterocycles. The van der Waals surface area contributed by atoms with E-state index in [1.165, 1.54) is 6.21 Å². The number of rotatable bonds is 12. The van der Waals surface area contributed by atoms with Gasteiger partial charge in [-0.3, -0.25) is 14.4 Å². The molecule has 10 heteroatoms. The van der Waals surface area contributed by atoms with Crippen molar-refractivity contribution in [2.24, 2.45) is 10.8 Å². The number of ether oxygens (including phenoxy) is 2. The van der Waals surface area contributed by atoms with Gasteiger partial charge >= 0.3 is 0 Å². The molecule has 0 aliphatic carbocycles. The molecular formula is C27H27IN4O5. The number of halogens is 1. The highest BCUT2D eigenvalue weighted by Gasteiger charge is 2.19. The molecule has 0 bridgehead atoms. The summed E-state index contributed by atoms with van der Waals surface area (Å²) in [5.41, 5.74) is 9.64. The van der Waals surface area contributed by atoms with Crippen LogP contribution >= 0.6 is 22.6 Å². The fraction of sp³-hybridized carbons (Fsp3) is 0.185. The van der Waals surface area contributed by atoms with Crippen molar-refractivity contribution in [2.75, 3.05) is 13.2 Å². The van der Waals surface area contributed by atoms with Crippen LogP contribution in [-0.2, 0) is 9.59 Å². The minimum atomic E-state index is -0.597. The zero-order chi connectivity index (χ0) is 26.6. The zero-order valence-corrected chi connectivity index (χ0v) is 22.3. The van der Waals surface area contributed by atoms with E-state index in [0.717, 1.165) is 5.56 Å². The third-order valence-corrected chi connectivity index (χ3v) is 5.83. The lowest BCUT2D eigenvalue weighted by Gasteiger charge is -2.18. The largest absolute Gasteiger partial charge is 0.490 e. The molecule has 0 saturated heterocycles. The van der Waals surface area contributed by atoms with E-state index in [9.17, 15) is 14.4 Å². The number of carbonyl (C=O) groups is 3. The fourth-order valence-electron chi connectivity index (χ4n) is 3.39. The van der Waals surface area contributed by atoms with Gasteiger partial charge in [0.25, 0.3) is 11.8 Å². The molecule has 0 aliphatic rings. The van der Waals surface area contributed by atoms with Gasteiger partial charge in [0.1, 0.15) is 0 Å². The average Bonchev–Trinajstić information content (AvgIpc) is 2.89. The van der Waals surface area contributed by atoms with Gasteiger partial charge in [0.2, 0.25) is 5.91 Å². The monoisotopic (exact) mass is 614 g/mol. The summed E-state index contributed by atoms with van der Waals surface area (Å²) in [6.07, 6.45) is 1.46. The quantitative estimate of drug-likeness (QED) is 0.163. The van der Waals surface area contributed by atoms with Gasteiger partial charge in [-0.05, 0) is 64.9 Å². The van der Waals surface area contributed by atoms with Crippen LogP contribution in [0.1, 0.15) is 40.9 Å². The van der Waals surface area contributed by atoms with Crippen LogP contribution in [0.3, 0.4) is 0 Å². The summed E-state index contributed by atoms with van der Waals surface area (Å²) in [6, 6.07) is 21.0. The van der Waals surface area contributed by atoms with Crippen molar-refractivity contribution < 1.29 is 23.9 Å². The molecule has 4 N–H and O–H groups in total. The third kappa shape index (κ3) is 8.60. The van der Waals surface area contributed by atoms with Crippen molar-refractivity contribution in [2.45, 2.75) is 19.4 Å². The van der Waals surface area contributed by atoms with Crippen LogP contribution in [0.2, 0.25) is 0 Å². The molecule has 3 aromatic carbocycles. The molecule has 3 rings (SSSR count). The predicted octanol–water partition coefficient (Wildman–Crippen LogP) is 3.57. The lowest BCUT2D eigenvalue weighted by molar-refractivity contribution is -0.121. The molecule has 0 aliphatic heterocycles. The van der Waals surface area contributed by atoms with Crippen molar-refractivity contribution in [1.82, 2.24) is 10.7 Å². The van der Waals surface area contributed by atoms with Crippen LogP contribution in [0.4, 0.5) is 0 Å². The second kappa shape index (κ2) is 14.0. The van der Waals surface area contributed by atoms with Gasteiger partial charge in [-0.2, -0.15) is 5.10 Å². The molecule has 37 heavy (non-hydrogen) atoms. The summed E-state index contributed by atoms with van der Waals surface area (Å²) < 4.78 is 11.8. The topological polar surface area (TPSA) is 132 Å². The number of amides is 3. The molecule has 0 aromatic heterocycles. The Balaban J connectivity index is 1.69. The molecular weight excluding hydrogens is 587 g/mol. The first kappa shape index (κ1) is 27.7. The highest BCUT2D eigenvalue weighted by Crippen LogP contribution is 2.33. The second-order valence-corrected chi connectivity index (χ2v) is 8.98. The van der Waals surface area contributed by atoms with Gasteiger partial charge in [-0.25, -0.2) is 5.43 Å². The normalized spacial score (nSPS) is 11.5. The maximum Gasteiger partial charge on any atom is 0.255 e. The Kier molecular flexibility index (Phi) is 10.4. The van der Waals surface area contributed by atoms with Crippen molar-refractivity contribution in [1.29, 1.82) is 0 Å².